The van der Waals surface area contributed by atoms with Gasteiger partial charge in [-0.25, -0.2) is 8.42 Å². The highest BCUT2D eigenvalue weighted by Crippen LogP contribution is 2.26. The molecule has 118 valence electrons. The zero-order valence-corrected chi connectivity index (χ0v) is 13.7. The van der Waals surface area contributed by atoms with Crippen molar-refractivity contribution in [3.63, 3.8) is 0 Å². The summed E-state index contributed by atoms with van der Waals surface area (Å²) in [5.74, 6) is -0.609. The molecule has 0 aromatic heterocycles. The van der Waals surface area contributed by atoms with Crippen molar-refractivity contribution in [1.29, 1.82) is 0 Å². The molecule has 6 nitrogen and oxygen atoms in total. The van der Waals surface area contributed by atoms with E-state index in [1.807, 2.05) is 0 Å². The van der Waals surface area contributed by atoms with Crippen LogP contribution >= 0.6 is 11.6 Å². The van der Waals surface area contributed by atoms with Gasteiger partial charge in [-0.1, -0.05) is 11.6 Å². The first-order chi connectivity index (χ1) is 9.70. The number of carbonyl (C=O) groups excluding carboxylic acids is 1. The number of benzene rings is 1. The van der Waals surface area contributed by atoms with E-state index in [1.165, 1.54) is 18.2 Å². The first-order valence-corrected chi connectivity index (χ1v) is 8.24. The summed E-state index contributed by atoms with van der Waals surface area (Å²) in [5.41, 5.74) is 5.77. The van der Waals surface area contributed by atoms with Crippen LogP contribution in [0.25, 0.3) is 0 Å². The first kappa shape index (κ1) is 17.7. The average molecular weight is 335 g/mol. The lowest BCUT2D eigenvalue weighted by molar-refractivity contribution is -0.143. The monoisotopic (exact) mass is 334 g/mol. The quantitative estimate of drug-likeness (QED) is 0.633. The van der Waals surface area contributed by atoms with Crippen LogP contribution in [-0.4, -0.2) is 37.9 Å². The standard InChI is InChI=1S/C13H19ClN2O4S/c1-4-20-13(17)8-16(9(2)3)21(18,19)12-6-5-10(14)7-11(12)15/h5-7,9H,4,8,15H2,1-3H3. The third kappa shape index (κ3) is 4.33. The molecule has 8 heteroatoms. The van der Waals surface area contributed by atoms with Gasteiger partial charge in [0.2, 0.25) is 10.0 Å². The number of carbonyl (C=O) groups is 1. The van der Waals surface area contributed by atoms with Gasteiger partial charge < -0.3 is 10.5 Å². The predicted molar refractivity (Wildman–Crippen MR) is 81.5 cm³/mol. The van der Waals surface area contributed by atoms with E-state index >= 15 is 0 Å². The van der Waals surface area contributed by atoms with E-state index in [9.17, 15) is 13.2 Å². The Morgan fingerprint density at radius 1 is 1.43 bits per heavy atom. The molecule has 0 aliphatic heterocycles. The van der Waals surface area contributed by atoms with E-state index < -0.39 is 22.0 Å². The minimum atomic E-state index is -3.91. The van der Waals surface area contributed by atoms with Crippen LogP contribution in [-0.2, 0) is 19.6 Å². The SMILES string of the molecule is CCOC(=O)CN(C(C)C)S(=O)(=O)c1ccc(Cl)cc1N. The summed E-state index contributed by atoms with van der Waals surface area (Å²) < 4.78 is 31.1. The summed E-state index contributed by atoms with van der Waals surface area (Å²) in [7, 11) is -3.91. The highest BCUT2D eigenvalue weighted by Gasteiger charge is 2.31. The predicted octanol–water partition coefficient (Wildman–Crippen LogP) is 1.88. The minimum absolute atomic E-state index is 0.0389. The number of sulfonamides is 1. The van der Waals surface area contributed by atoms with E-state index in [1.54, 1.807) is 20.8 Å². The molecule has 0 aliphatic rings. The lowest BCUT2D eigenvalue weighted by Crippen LogP contribution is -2.41. The molecule has 0 amide bonds. The van der Waals surface area contributed by atoms with Crippen molar-refractivity contribution < 1.29 is 17.9 Å². The Hall–Kier alpha value is -1.31. The Labute approximate surface area is 129 Å². The van der Waals surface area contributed by atoms with Gasteiger partial charge in [-0.05, 0) is 39.0 Å². The highest BCUT2D eigenvalue weighted by molar-refractivity contribution is 7.89. The van der Waals surface area contributed by atoms with Gasteiger partial charge in [0.15, 0.2) is 0 Å². The van der Waals surface area contributed by atoms with E-state index in [0.29, 0.717) is 5.02 Å². The topological polar surface area (TPSA) is 89.7 Å². The average Bonchev–Trinajstić information content (AvgIpc) is 2.35. The van der Waals surface area contributed by atoms with Crippen LogP contribution in [0.3, 0.4) is 0 Å². The van der Waals surface area contributed by atoms with Crippen molar-refractivity contribution in [1.82, 2.24) is 4.31 Å². The molecule has 0 fully saturated rings. The molecule has 0 heterocycles. The van der Waals surface area contributed by atoms with Gasteiger partial charge in [0.1, 0.15) is 11.4 Å². The van der Waals surface area contributed by atoms with Gasteiger partial charge >= 0.3 is 5.97 Å². The lowest BCUT2D eigenvalue weighted by atomic mass is 10.3. The summed E-state index contributed by atoms with van der Waals surface area (Å²) in [6.07, 6.45) is 0. The molecule has 0 aliphatic carbocycles. The van der Waals surface area contributed by atoms with Crippen LogP contribution < -0.4 is 5.73 Å². The summed E-state index contributed by atoms with van der Waals surface area (Å²) in [6, 6.07) is 3.70. The first-order valence-electron chi connectivity index (χ1n) is 6.42. The van der Waals surface area contributed by atoms with Gasteiger partial charge in [-0.3, -0.25) is 4.79 Å². The number of rotatable bonds is 6. The maximum absolute atomic E-state index is 12.6. The summed E-state index contributed by atoms with van der Waals surface area (Å²) in [4.78, 5) is 11.5. The van der Waals surface area contributed by atoms with Crippen molar-refractivity contribution in [2.45, 2.75) is 31.7 Å². The van der Waals surface area contributed by atoms with Crippen molar-refractivity contribution in [3.8, 4) is 0 Å². The van der Waals surface area contributed by atoms with Crippen LogP contribution in [0.2, 0.25) is 5.02 Å². The summed E-state index contributed by atoms with van der Waals surface area (Å²) in [6.45, 7) is 4.82. The number of hydrogen-bond donors (Lipinski definition) is 1. The molecule has 0 saturated carbocycles. The number of hydrogen-bond acceptors (Lipinski definition) is 5. The van der Waals surface area contributed by atoms with Crippen LogP contribution in [0.5, 0.6) is 0 Å². The van der Waals surface area contributed by atoms with Crippen LogP contribution in [0.15, 0.2) is 23.1 Å². The Kier molecular flexibility index (Phi) is 6.00. The molecule has 21 heavy (non-hydrogen) atoms. The fraction of sp³-hybridized carbons (Fsp3) is 0.462. The minimum Gasteiger partial charge on any atom is -0.465 e. The molecule has 0 spiro atoms. The van der Waals surface area contributed by atoms with E-state index in [0.717, 1.165) is 4.31 Å². The van der Waals surface area contributed by atoms with Crippen molar-refractivity contribution >= 4 is 33.3 Å². The van der Waals surface area contributed by atoms with E-state index in [4.69, 9.17) is 22.1 Å². The van der Waals surface area contributed by atoms with Crippen molar-refractivity contribution in [3.05, 3.63) is 23.2 Å². The lowest BCUT2D eigenvalue weighted by Gasteiger charge is -2.25. The maximum Gasteiger partial charge on any atom is 0.321 e. The molecular weight excluding hydrogens is 316 g/mol. The summed E-state index contributed by atoms with van der Waals surface area (Å²) in [5, 5.41) is 0.341. The van der Waals surface area contributed by atoms with Gasteiger partial charge in [0, 0.05) is 11.1 Å². The number of nitrogen functional groups attached to an aromatic ring is 1. The Balaban J connectivity index is 3.19. The third-order valence-electron chi connectivity index (χ3n) is 2.72. The normalized spacial score (nSPS) is 11.9. The Morgan fingerprint density at radius 3 is 2.52 bits per heavy atom. The maximum atomic E-state index is 12.6. The van der Waals surface area contributed by atoms with Gasteiger partial charge in [0.05, 0.1) is 12.3 Å². The van der Waals surface area contributed by atoms with Gasteiger partial charge in [-0.2, -0.15) is 4.31 Å². The number of halogens is 1. The fourth-order valence-corrected chi connectivity index (χ4v) is 3.62. The molecule has 1 aromatic carbocycles. The number of nitrogens with two attached hydrogens (primary N) is 1. The molecule has 0 atom stereocenters. The fourth-order valence-electron chi connectivity index (χ4n) is 1.76. The number of anilines is 1. The zero-order chi connectivity index (χ0) is 16.2. The molecule has 1 aromatic rings. The molecule has 0 unspecified atom stereocenters. The number of nitrogens with zero attached hydrogens (tertiary/aromatic N) is 1. The number of esters is 1. The van der Waals surface area contributed by atoms with Crippen LogP contribution in [0.4, 0.5) is 5.69 Å². The van der Waals surface area contributed by atoms with E-state index in [-0.39, 0.29) is 23.7 Å². The zero-order valence-electron chi connectivity index (χ0n) is 12.2. The Morgan fingerprint density at radius 2 is 2.05 bits per heavy atom. The second-order valence-electron chi connectivity index (χ2n) is 4.63. The second kappa shape index (κ2) is 7.11. The van der Waals surface area contributed by atoms with Crippen LogP contribution in [0, 0.1) is 0 Å². The van der Waals surface area contributed by atoms with E-state index in [2.05, 4.69) is 0 Å². The van der Waals surface area contributed by atoms with Gasteiger partial charge in [0.25, 0.3) is 0 Å². The van der Waals surface area contributed by atoms with Crippen molar-refractivity contribution in [2.24, 2.45) is 0 Å². The molecule has 0 saturated heterocycles. The van der Waals surface area contributed by atoms with Crippen molar-refractivity contribution in [2.75, 3.05) is 18.9 Å². The molecule has 0 radical (unpaired) electrons. The van der Waals surface area contributed by atoms with Gasteiger partial charge in [-0.15, -0.1) is 0 Å². The smallest absolute Gasteiger partial charge is 0.321 e. The largest absolute Gasteiger partial charge is 0.465 e. The molecule has 0 bridgehead atoms. The second-order valence-corrected chi connectivity index (χ2v) is 6.93. The highest BCUT2D eigenvalue weighted by atomic mass is 35.5. The summed E-state index contributed by atoms with van der Waals surface area (Å²) >= 11 is 5.77. The van der Waals surface area contributed by atoms with Crippen LogP contribution in [0.1, 0.15) is 20.8 Å². The Bertz CT molecular complexity index is 617. The molecule has 1 rings (SSSR count). The molecule has 2 N–H and O–H groups in total. The molecular formula is C13H19ClN2O4S. The number of ether oxygens (including phenoxy) is 1. The third-order valence-corrected chi connectivity index (χ3v) is 5.06.